The lowest BCUT2D eigenvalue weighted by Gasteiger charge is -2.16. The molecule has 4 nitrogen and oxygen atoms in total. The monoisotopic (exact) mass is 284 g/mol. The van der Waals surface area contributed by atoms with Crippen molar-refractivity contribution in [2.45, 2.75) is 12.5 Å². The molecule has 2 aromatic rings. The van der Waals surface area contributed by atoms with Crippen molar-refractivity contribution in [3.05, 3.63) is 60.4 Å². The fourth-order valence-electron chi connectivity index (χ4n) is 2.37. The Bertz CT molecular complexity index is 688. The molecule has 1 saturated heterocycles. The first-order valence-electron chi connectivity index (χ1n) is 6.60. The summed E-state index contributed by atoms with van der Waals surface area (Å²) in [5.41, 5.74) is 0.754. The highest BCUT2D eigenvalue weighted by Gasteiger charge is 2.40. The second-order valence-electron chi connectivity index (χ2n) is 4.79. The molecule has 0 radical (unpaired) electrons. The molecule has 1 N–H and O–H groups in total. The van der Waals surface area contributed by atoms with Crippen LogP contribution in [-0.2, 0) is 9.59 Å². The van der Waals surface area contributed by atoms with E-state index in [1.807, 2.05) is 30.3 Å². The fourth-order valence-corrected chi connectivity index (χ4v) is 2.37. The van der Waals surface area contributed by atoms with Gasteiger partial charge in [-0.1, -0.05) is 30.3 Å². The van der Waals surface area contributed by atoms with E-state index in [0.29, 0.717) is 0 Å². The van der Waals surface area contributed by atoms with Gasteiger partial charge in [-0.25, -0.2) is 9.29 Å². The zero-order valence-corrected chi connectivity index (χ0v) is 11.1. The van der Waals surface area contributed by atoms with Gasteiger partial charge in [0.25, 0.3) is 5.91 Å². The lowest BCUT2D eigenvalue weighted by Crippen LogP contribution is -2.35. The van der Waals surface area contributed by atoms with E-state index >= 15 is 0 Å². The van der Waals surface area contributed by atoms with Gasteiger partial charge in [0.05, 0.1) is 12.1 Å². The molecule has 0 bridgehead atoms. The molecule has 2 aromatic carbocycles. The number of para-hydroxylation sites is 2. The Hall–Kier alpha value is -2.69. The number of nitrogens with zero attached hydrogens (tertiary/aromatic N) is 1. The van der Waals surface area contributed by atoms with Crippen molar-refractivity contribution in [1.82, 2.24) is 0 Å². The number of hydrogen-bond donors (Lipinski definition) is 1. The molecule has 2 amide bonds. The molecule has 1 atom stereocenters. The number of amides is 2. The Morgan fingerprint density at radius 3 is 2.38 bits per heavy atom. The van der Waals surface area contributed by atoms with Crippen LogP contribution < -0.4 is 10.2 Å². The third kappa shape index (κ3) is 2.50. The minimum Gasteiger partial charge on any atom is -0.373 e. The van der Waals surface area contributed by atoms with Gasteiger partial charge in [-0.3, -0.25) is 9.59 Å². The maximum absolute atomic E-state index is 13.8. The lowest BCUT2D eigenvalue weighted by atomic mass is 10.2. The predicted octanol–water partition coefficient (Wildman–Crippen LogP) is 2.57. The third-order valence-corrected chi connectivity index (χ3v) is 3.35. The number of anilines is 2. The molecule has 1 aliphatic heterocycles. The summed E-state index contributed by atoms with van der Waals surface area (Å²) < 4.78 is 13.8. The van der Waals surface area contributed by atoms with Gasteiger partial charge in [0, 0.05) is 5.69 Å². The summed E-state index contributed by atoms with van der Waals surface area (Å²) in [5, 5.41) is 3.01. The highest BCUT2D eigenvalue weighted by molar-refractivity contribution is 6.23. The highest BCUT2D eigenvalue weighted by Crippen LogP contribution is 2.26. The molecular weight excluding hydrogens is 271 g/mol. The van der Waals surface area contributed by atoms with Crippen molar-refractivity contribution in [2.75, 3.05) is 10.2 Å². The van der Waals surface area contributed by atoms with Crippen molar-refractivity contribution in [1.29, 1.82) is 0 Å². The summed E-state index contributed by atoms with van der Waals surface area (Å²) in [4.78, 5) is 25.3. The van der Waals surface area contributed by atoms with Gasteiger partial charge in [0.2, 0.25) is 5.91 Å². The quantitative estimate of drug-likeness (QED) is 0.881. The molecule has 106 valence electrons. The maximum Gasteiger partial charge on any atom is 0.256 e. The van der Waals surface area contributed by atoms with Crippen LogP contribution in [-0.4, -0.2) is 17.9 Å². The van der Waals surface area contributed by atoms with Crippen LogP contribution in [0.2, 0.25) is 0 Å². The van der Waals surface area contributed by atoms with Gasteiger partial charge in [-0.05, 0) is 24.3 Å². The highest BCUT2D eigenvalue weighted by atomic mass is 19.1. The van der Waals surface area contributed by atoms with Crippen molar-refractivity contribution >= 4 is 23.2 Å². The van der Waals surface area contributed by atoms with E-state index < -0.39 is 23.7 Å². The van der Waals surface area contributed by atoms with Crippen LogP contribution >= 0.6 is 0 Å². The Kier molecular flexibility index (Phi) is 3.39. The molecule has 0 aromatic heterocycles. The minimum atomic E-state index is -0.667. The molecule has 0 saturated carbocycles. The molecule has 0 spiro atoms. The summed E-state index contributed by atoms with van der Waals surface area (Å²) in [5.74, 6) is -1.42. The Morgan fingerprint density at radius 1 is 1.00 bits per heavy atom. The van der Waals surface area contributed by atoms with Gasteiger partial charge in [0.1, 0.15) is 11.9 Å². The summed E-state index contributed by atoms with van der Waals surface area (Å²) in [6, 6.07) is 14.2. The average molecular weight is 284 g/mol. The Labute approximate surface area is 121 Å². The number of benzene rings is 2. The number of nitrogens with one attached hydrogen (secondary N) is 1. The van der Waals surface area contributed by atoms with Crippen LogP contribution in [0.5, 0.6) is 0 Å². The van der Waals surface area contributed by atoms with E-state index in [4.69, 9.17) is 0 Å². The lowest BCUT2D eigenvalue weighted by molar-refractivity contribution is -0.121. The van der Waals surface area contributed by atoms with Crippen LogP contribution in [0, 0.1) is 5.82 Å². The van der Waals surface area contributed by atoms with E-state index in [2.05, 4.69) is 5.32 Å². The summed E-state index contributed by atoms with van der Waals surface area (Å²) in [6.07, 6.45) is 0.0159. The SMILES string of the molecule is O=C1CC(Nc2ccccc2)C(=O)N1c1ccccc1F. The van der Waals surface area contributed by atoms with Gasteiger partial charge in [0.15, 0.2) is 0 Å². The molecule has 1 aliphatic rings. The number of hydrogen-bond acceptors (Lipinski definition) is 3. The van der Waals surface area contributed by atoms with Crippen LogP contribution in [0.25, 0.3) is 0 Å². The fraction of sp³-hybridized carbons (Fsp3) is 0.125. The molecule has 3 rings (SSSR count). The number of carbonyl (C=O) groups is 2. The summed E-state index contributed by atoms with van der Waals surface area (Å²) in [7, 11) is 0. The topological polar surface area (TPSA) is 49.4 Å². The van der Waals surface area contributed by atoms with E-state index in [0.717, 1.165) is 10.6 Å². The van der Waals surface area contributed by atoms with Crippen molar-refractivity contribution < 1.29 is 14.0 Å². The van der Waals surface area contributed by atoms with E-state index in [1.165, 1.54) is 18.2 Å². The predicted molar refractivity (Wildman–Crippen MR) is 77.4 cm³/mol. The van der Waals surface area contributed by atoms with E-state index in [-0.39, 0.29) is 12.1 Å². The van der Waals surface area contributed by atoms with E-state index in [1.54, 1.807) is 6.07 Å². The molecule has 1 fully saturated rings. The van der Waals surface area contributed by atoms with Crippen molar-refractivity contribution in [2.24, 2.45) is 0 Å². The largest absolute Gasteiger partial charge is 0.373 e. The molecular formula is C16H13FN2O2. The van der Waals surface area contributed by atoms with Gasteiger partial charge < -0.3 is 5.32 Å². The minimum absolute atomic E-state index is 0.00450. The molecule has 0 aliphatic carbocycles. The second-order valence-corrected chi connectivity index (χ2v) is 4.79. The van der Waals surface area contributed by atoms with E-state index in [9.17, 15) is 14.0 Å². The number of carbonyl (C=O) groups excluding carboxylic acids is 2. The van der Waals surface area contributed by atoms with Crippen molar-refractivity contribution in [3.63, 3.8) is 0 Å². The summed E-state index contributed by atoms with van der Waals surface area (Å²) in [6.45, 7) is 0. The first kappa shape index (κ1) is 13.3. The Balaban J connectivity index is 1.84. The van der Waals surface area contributed by atoms with Crippen LogP contribution in [0.4, 0.5) is 15.8 Å². The third-order valence-electron chi connectivity index (χ3n) is 3.35. The number of imide groups is 1. The molecule has 1 unspecified atom stereocenters. The van der Waals surface area contributed by atoms with Gasteiger partial charge in [-0.2, -0.15) is 0 Å². The Morgan fingerprint density at radius 2 is 1.67 bits per heavy atom. The second kappa shape index (κ2) is 5.36. The zero-order chi connectivity index (χ0) is 14.8. The summed E-state index contributed by atoms with van der Waals surface area (Å²) >= 11 is 0. The maximum atomic E-state index is 13.8. The molecule has 5 heteroatoms. The smallest absolute Gasteiger partial charge is 0.256 e. The number of rotatable bonds is 3. The van der Waals surface area contributed by atoms with Crippen LogP contribution in [0.3, 0.4) is 0 Å². The standard InChI is InChI=1S/C16H13FN2O2/c17-12-8-4-5-9-14(12)19-15(20)10-13(16(19)21)18-11-6-2-1-3-7-11/h1-9,13,18H,10H2. The zero-order valence-electron chi connectivity index (χ0n) is 11.1. The van der Waals surface area contributed by atoms with Gasteiger partial charge >= 0.3 is 0 Å². The van der Waals surface area contributed by atoms with Gasteiger partial charge in [-0.15, -0.1) is 0 Å². The van der Waals surface area contributed by atoms with Crippen molar-refractivity contribution in [3.8, 4) is 0 Å². The first-order valence-corrected chi connectivity index (χ1v) is 6.60. The normalized spacial score (nSPS) is 18.1. The average Bonchev–Trinajstić information content (AvgIpc) is 2.76. The molecule has 21 heavy (non-hydrogen) atoms. The number of halogens is 1. The van der Waals surface area contributed by atoms with Crippen LogP contribution in [0.15, 0.2) is 54.6 Å². The molecule has 1 heterocycles. The van der Waals surface area contributed by atoms with Crippen LogP contribution in [0.1, 0.15) is 6.42 Å². The first-order chi connectivity index (χ1) is 10.2.